The van der Waals surface area contributed by atoms with E-state index in [2.05, 4.69) is 0 Å². The molecule has 0 N–H and O–H groups in total. The first-order valence-electron chi connectivity index (χ1n) is 6.05. The molecular formula is C14H8Cl2FNO4S. The standard InChI is InChI=1S/C14H8Cl2FNO4S/c15-12-6-2-9(7-14(12)23(17,21)22)1-3-10-4-5-11(18(19)20)8-13(10)16/h1-8H. The Bertz CT molecular complexity index is 913. The third-order valence-electron chi connectivity index (χ3n) is 2.87. The van der Waals surface area contributed by atoms with Gasteiger partial charge < -0.3 is 0 Å². The molecule has 0 spiro atoms. The van der Waals surface area contributed by atoms with Crippen LogP contribution in [0.2, 0.25) is 10.0 Å². The van der Waals surface area contributed by atoms with Crippen molar-refractivity contribution in [3.05, 3.63) is 67.7 Å². The molecular weight excluding hydrogens is 368 g/mol. The molecule has 0 saturated heterocycles. The maximum absolute atomic E-state index is 13.1. The lowest BCUT2D eigenvalue weighted by molar-refractivity contribution is -0.384. The second kappa shape index (κ2) is 6.66. The van der Waals surface area contributed by atoms with Crippen molar-refractivity contribution in [2.24, 2.45) is 0 Å². The Morgan fingerprint density at radius 3 is 2.30 bits per heavy atom. The van der Waals surface area contributed by atoms with E-state index < -0.39 is 20.0 Å². The largest absolute Gasteiger partial charge is 0.333 e. The molecule has 23 heavy (non-hydrogen) atoms. The van der Waals surface area contributed by atoms with Crippen molar-refractivity contribution in [2.45, 2.75) is 4.90 Å². The number of nitrogens with zero attached hydrogens (tertiary/aromatic N) is 1. The zero-order valence-corrected chi connectivity index (χ0v) is 13.6. The van der Waals surface area contributed by atoms with Crippen LogP contribution < -0.4 is 0 Å². The average molecular weight is 376 g/mol. The number of nitro groups is 1. The van der Waals surface area contributed by atoms with E-state index in [-0.39, 0.29) is 15.7 Å². The van der Waals surface area contributed by atoms with E-state index in [1.165, 1.54) is 42.5 Å². The lowest BCUT2D eigenvalue weighted by Gasteiger charge is -2.02. The van der Waals surface area contributed by atoms with Gasteiger partial charge in [-0.25, -0.2) is 0 Å². The molecule has 0 aliphatic carbocycles. The van der Waals surface area contributed by atoms with Crippen molar-refractivity contribution in [1.29, 1.82) is 0 Å². The van der Waals surface area contributed by atoms with Crippen LogP contribution in [0.1, 0.15) is 11.1 Å². The highest BCUT2D eigenvalue weighted by molar-refractivity contribution is 7.86. The summed E-state index contributed by atoms with van der Waals surface area (Å²) in [5.41, 5.74) is 0.710. The van der Waals surface area contributed by atoms with Crippen LogP contribution in [0.5, 0.6) is 0 Å². The van der Waals surface area contributed by atoms with E-state index in [1.807, 2.05) is 0 Å². The van der Waals surface area contributed by atoms with E-state index in [9.17, 15) is 22.4 Å². The molecule has 0 atom stereocenters. The van der Waals surface area contributed by atoms with Gasteiger partial charge in [-0.05, 0) is 29.3 Å². The van der Waals surface area contributed by atoms with Crippen LogP contribution in [0, 0.1) is 10.1 Å². The second-order valence-electron chi connectivity index (χ2n) is 4.42. The van der Waals surface area contributed by atoms with E-state index in [1.54, 1.807) is 0 Å². The van der Waals surface area contributed by atoms with Crippen LogP contribution >= 0.6 is 23.2 Å². The van der Waals surface area contributed by atoms with Crippen LogP contribution in [-0.2, 0) is 10.2 Å². The van der Waals surface area contributed by atoms with Gasteiger partial charge in [0.2, 0.25) is 0 Å². The van der Waals surface area contributed by atoms with Gasteiger partial charge in [-0.15, -0.1) is 3.89 Å². The van der Waals surface area contributed by atoms with Crippen molar-refractivity contribution in [2.75, 3.05) is 0 Å². The normalized spacial score (nSPS) is 11.8. The maximum atomic E-state index is 13.1. The third-order valence-corrected chi connectivity index (χ3v) is 4.50. The summed E-state index contributed by atoms with van der Waals surface area (Å²) in [7, 11) is -4.93. The SMILES string of the molecule is O=[N+]([O-])c1ccc(C=Cc2ccc(Cl)c(S(=O)(=O)F)c2)c(Cl)c1. The van der Waals surface area contributed by atoms with Crippen LogP contribution in [0.3, 0.4) is 0 Å². The summed E-state index contributed by atoms with van der Waals surface area (Å²) in [6, 6.07) is 7.75. The first kappa shape index (κ1) is 17.4. The average Bonchev–Trinajstić information content (AvgIpc) is 2.46. The van der Waals surface area contributed by atoms with E-state index >= 15 is 0 Å². The monoisotopic (exact) mass is 375 g/mol. The summed E-state index contributed by atoms with van der Waals surface area (Å²) in [5.74, 6) is 0. The molecule has 0 amide bonds. The van der Waals surface area contributed by atoms with Gasteiger partial charge in [0.05, 0.1) is 15.0 Å². The molecule has 0 saturated carbocycles. The highest BCUT2D eigenvalue weighted by atomic mass is 35.5. The Hall–Kier alpha value is -1.96. The van der Waals surface area contributed by atoms with Gasteiger partial charge >= 0.3 is 10.2 Å². The predicted octanol–water partition coefficient (Wildman–Crippen LogP) is 4.73. The highest BCUT2D eigenvalue weighted by Gasteiger charge is 2.16. The number of nitro benzene ring substituents is 1. The number of halogens is 3. The number of benzene rings is 2. The van der Waals surface area contributed by atoms with Gasteiger partial charge in [0.1, 0.15) is 4.90 Å². The van der Waals surface area contributed by atoms with Gasteiger partial charge in [0.25, 0.3) is 5.69 Å². The smallest absolute Gasteiger partial charge is 0.258 e. The van der Waals surface area contributed by atoms with Gasteiger partial charge in [0, 0.05) is 12.1 Å². The quantitative estimate of drug-likeness (QED) is 0.335. The molecule has 5 nitrogen and oxygen atoms in total. The Kier molecular flexibility index (Phi) is 5.03. The van der Waals surface area contributed by atoms with Gasteiger partial charge in [-0.1, -0.05) is 41.4 Å². The molecule has 0 heterocycles. The number of hydrogen-bond acceptors (Lipinski definition) is 4. The first-order chi connectivity index (χ1) is 10.7. The molecule has 0 aromatic heterocycles. The van der Waals surface area contributed by atoms with Gasteiger partial charge in [-0.3, -0.25) is 10.1 Å². The van der Waals surface area contributed by atoms with E-state index in [0.717, 1.165) is 6.07 Å². The van der Waals surface area contributed by atoms with Crippen molar-refractivity contribution < 1.29 is 17.2 Å². The molecule has 2 rings (SSSR count). The minimum absolute atomic E-state index is 0.149. The van der Waals surface area contributed by atoms with Crippen LogP contribution in [0.25, 0.3) is 12.2 Å². The minimum Gasteiger partial charge on any atom is -0.258 e. The molecule has 120 valence electrons. The summed E-state index contributed by atoms with van der Waals surface area (Å²) in [6.07, 6.45) is 3.00. The predicted molar refractivity (Wildman–Crippen MR) is 86.8 cm³/mol. The zero-order chi connectivity index (χ0) is 17.2. The van der Waals surface area contributed by atoms with Crippen LogP contribution in [0.15, 0.2) is 41.3 Å². The molecule has 0 radical (unpaired) electrons. The Balaban J connectivity index is 2.36. The van der Waals surface area contributed by atoms with E-state index in [4.69, 9.17) is 23.2 Å². The third kappa shape index (κ3) is 4.28. The van der Waals surface area contributed by atoms with Crippen LogP contribution in [0.4, 0.5) is 9.57 Å². The zero-order valence-electron chi connectivity index (χ0n) is 11.2. The summed E-state index contributed by atoms with van der Waals surface area (Å²) < 4.78 is 35.0. The maximum Gasteiger partial charge on any atom is 0.333 e. The summed E-state index contributed by atoms with van der Waals surface area (Å²) in [5, 5.41) is 10.6. The fraction of sp³-hybridized carbons (Fsp3) is 0. The van der Waals surface area contributed by atoms with Gasteiger partial charge in [0.15, 0.2) is 0 Å². The minimum atomic E-state index is -4.93. The van der Waals surface area contributed by atoms with Crippen molar-refractivity contribution in [3.63, 3.8) is 0 Å². The molecule has 2 aromatic carbocycles. The van der Waals surface area contributed by atoms with Crippen LogP contribution in [-0.4, -0.2) is 13.3 Å². The Morgan fingerprint density at radius 2 is 1.74 bits per heavy atom. The summed E-state index contributed by atoms with van der Waals surface area (Å²) in [4.78, 5) is 9.43. The first-order valence-corrected chi connectivity index (χ1v) is 8.18. The van der Waals surface area contributed by atoms with Crippen molar-refractivity contribution >= 4 is 51.3 Å². The fourth-order valence-corrected chi connectivity index (χ4v) is 2.97. The van der Waals surface area contributed by atoms with Crippen molar-refractivity contribution in [1.82, 2.24) is 0 Å². The van der Waals surface area contributed by atoms with E-state index in [0.29, 0.717) is 11.1 Å². The molecule has 0 aliphatic rings. The molecule has 9 heteroatoms. The summed E-state index contributed by atoms with van der Waals surface area (Å²) >= 11 is 11.6. The van der Waals surface area contributed by atoms with Crippen molar-refractivity contribution in [3.8, 4) is 0 Å². The highest BCUT2D eigenvalue weighted by Crippen LogP contribution is 2.27. The van der Waals surface area contributed by atoms with Gasteiger partial charge in [-0.2, -0.15) is 8.42 Å². The lowest BCUT2D eigenvalue weighted by Crippen LogP contribution is -1.93. The molecule has 2 aromatic rings. The molecule has 0 fully saturated rings. The number of non-ortho nitro benzene ring substituents is 1. The Morgan fingerprint density at radius 1 is 1.04 bits per heavy atom. The molecule has 0 bridgehead atoms. The number of rotatable bonds is 4. The number of hydrogen-bond donors (Lipinski definition) is 0. The second-order valence-corrected chi connectivity index (χ2v) is 6.55. The topological polar surface area (TPSA) is 77.3 Å². The fourth-order valence-electron chi connectivity index (χ4n) is 1.76. The lowest BCUT2D eigenvalue weighted by atomic mass is 10.1. The summed E-state index contributed by atoms with van der Waals surface area (Å²) in [6.45, 7) is 0. The molecule has 0 unspecified atom stereocenters. The Labute approximate surface area is 141 Å². The molecule has 0 aliphatic heterocycles.